The molecule has 0 unspecified atom stereocenters. The number of hydrogen-bond acceptors (Lipinski definition) is 6. The number of nitrogens with zero attached hydrogens (tertiary/aromatic N) is 3. The Kier molecular flexibility index (Phi) is 7.59. The van der Waals surface area contributed by atoms with Gasteiger partial charge in [-0.1, -0.05) is 30.5 Å². The van der Waals surface area contributed by atoms with Gasteiger partial charge in [0.1, 0.15) is 11.2 Å². The van der Waals surface area contributed by atoms with Crippen molar-refractivity contribution >= 4 is 17.5 Å². The lowest BCUT2D eigenvalue weighted by atomic mass is 9.91. The van der Waals surface area contributed by atoms with E-state index in [0.717, 1.165) is 31.9 Å². The standard InChI is InChI=1S/C26H26ClF3N4O3/c1-25(2,26(28,29)30)23(35)31-14-16-5-10-20(27)19(13-16)22-32-21(33-24(36)34-22)17-6-8-18(9-7-17)37-12-11-15-3-4-15/h5-10,13,15H,3-4,11-12,14H2,1-2H3,(H,31,35)(H,32,33,34,36). The van der Waals surface area contributed by atoms with E-state index in [2.05, 4.69) is 20.3 Å². The first kappa shape index (κ1) is 26.7. The van der Waals surface area contributed by atoms with Crippen molar-refractivity contribution in [2.24, 2.45) is 11.3 Å². The van der Waals surface area contributed by atoms with Gasteiger partial charge in [-0.2, -0.15) is 23.1 Å². The Morgan fingerprint density at radius 2 is 1.76 bits per heavy atom. The molecule has 1 saturated carbocycles. The van der Waals surface area contributed by atoms with Gasteiger partial charge < -0.3 is 15.2 Å². The Morgan fingerprint density at radius 1 is 1.08 bits per heavy atom. The summed E-state index contributed by atoms with van der Waals surface area (Å²) in [6.07, 6.45) is -1.12. The van der Waals surface area contributed by atoms with Gasteiger partial charge in [-0.05, 0) is 68.1 Å². The monoisotopic (exact) mass is 534 g/mol. The minimum atomic E-state index is -4.69. The van der Waals surface area contributed by atoms with Crippen LogP contribution in [0.15, 0.2) is 42.5 Å². The third-order valence-electron chi connectivity index (χ3n) is 6.23. The van der Waals surface area contributed by atoms with Gasteiger partial charge in [-0.15, -0.1) is 0 Å². The van der Waals surface area contributed by atoms with Crippen molar-refractivity contribution in [3.63, 3.8) is 0 Å². The number of carbonyl (C=O) groups is 1. The van der Waals surface area contributed by atoms with Gasteiger partial charge in [0.25, 0.3) is 0 Å². The van der Waals surface area contributed by atoms with Crippen LogP contribution in [0.1, 0.15) is 38.7 Å². The van der Waals surface area contributed by atoms with E-state index in [-0.39, 0.29) is 23.2 Å². The molecule has 4 rings (SSSR count). The SMILES string of the molecule is CC(C)(C(=O)NCc1ccc(Cl)c(-c2nc(O)nc(-c3ccc(OCCC4CC4)cc3)n2)c1)C(F)(F)F. The number of aromatic hydroxyl groups is 1. The second-order valence-electron chi connectivity index (χ2n) is 9.51. The maximum absolute atomic E-state index is 13.1. The molecule has 0 radical (unpaired) electrons. The predicted octanol–water partition coefficient (Wildman–Crippen LogP) is 5.95. The fourth-order valence-electron chi connectivity index (χ4n) is 3.45. The third-order valence-corrected chi connectivity index (χ3v) is 6.56. The average Bonchev–Trinajstić information content (AvgIpc) is 3.67. The molecule has 196 valence electrons. The average molecular weight is 535 g/mol. The number of benzene rings is 2. The molecule has 1 fully saturated rings. The molecule has 1 aliphatic rings. The molecule has 0 atom stereocenters. The number of hydrogen-bond donors (Lipinski definition) is 2. The van der Waals surface area contributed by atoms with Crippen LogP contribution in [0.4, 0.5) is 13.2 Å². The summed E-state index contributed by atoms with van der Waals surface area (Å²) >= 11 is 6.34. The molecule has 1 amide bonds. The fraction of sp³-hybridized carbons (Fsp3) is 0.385. The minimum absolute atomic E-state index is 0.0704. The van der Waals surface area contributed by atoms with Crippen molar-refractivity contribution in [2.75, 3.05) is 6.61 Å². The number of rotatable bonds is 9. The maximum atomic E-state index is 13.1. The van der Waals surface area contributed by atoms with Gasteiger partial charge in [0.15, 0.2) is 11.6 Å². The van der Waals surface area contributed by atoms with Crippen LogP contribution in [-0.2, 0) is 11.3 Å². The van der Waals surface area contributed by atoms with E-state index in [4.69, 9.17) is 16.3 Å². The Morgan fingerprint density at radius 3 is 2.41 bits per heavy atom. The van der Waals surface area contributed by atoms with E-state index in [1.807, 2.05) is 0 Å². The van der Waals surface area contributed by atoms with E-state index < -0.39 is 23.5 Å². The summed E-state index contributed by atoms with van der Waals surface area (Å²) in [6, 6.07) is 11.2. The Labute approximate surface area is 217 Å². The highest BCUT2D eigenvalue weighted by atomic mass is 35.5. The number of alkyl halides is 3. The van der Waals surface area contributed by atoms with Gasteiger partial charge in [-0.25, -0.2) is 4.98 Å². The fourth-order valence-corrected chi connectivity index (χ4v) is 3.65. The van der Waals surface area contributed by atoms with E-state index in [0.29, 0.717) is 23.3 Å². The molecule has 1 heterocycles. The molecule has 0 aliphatic heterocycles. The molecule has 2 N–H and O–H groups in total. The van der Waals surface area contributed by atoms with Crippen LogP contribution in [0.5, 0.6) is 11.8 Å². The normalized spacial score (nSPS) is 13.9. The van der Waals surface area contributed by atoms with Crippen LogP contribution in [0, 0.1) is 11.3 Å². The molecular weight excluding hydrogens is 509 g/mol. The summed E-state index contributed by atoms with van der Waals surface area (Å²) in [7, 11) is 0. The van der Waals surface area contributed by atoms with Crippen LogP contribution in [0.2, 0.25) is 5.02 Å². The topological polar surface area (TPSA) is 97.2 Å². The van der Waals surface area contributed by atoms with Crippen molar-refractivity contribution < 1.29 is 27.8 Å². The number of carbonyl (C=O) groups excluding carboxylic acids is 1. The molecule has 11 heteroatoms. The second-order valence-corrected chi connectivity index (χ2v) is 9.91. The molecule has 1 aliphatic carbocycles. The van der Waals surface area contributed by atoms with Crippen LogP contribution in [-0.4, -0.2) is 38.7 Å². The molecule has 3 aromatic rings. The van der Waals surface area contributed by atoms with Crippen LogP contribution in [0.3, 0.4) is 0 Å². The number of halogens is 4. The summed E-state index contributed by atoms with van der Waals surface area (Å²) in [5, 5.41) is 12.7. The highest BCUT2D eigenvalue weighted by Crippen LogP contribution is 2.38. The van der Waals surface area contributed by atoms with E-state index in [1.54, 1.807) is 36.4 Å². The first-order valence-corrected chi connectivity index (χ1v) is 12.1. The van der Waals surface area contributed by atoms with Crippen LogP contribution >= 0.6 is 11.6 Å². The van der Waals surface area contributed by atoms with Crippen molar-refractivity contribution in [3.8, 4) is 34.5 Å². The highest BCUT2D eigenvalue weighted by Gasteiger charge is 2.52. The lowest BCUT2D eigenvalue weighted by Gasteiger charge is -2.26. The van der Waals surface area contributed by atoms with Crippen molar-refractivity contribution in [1.82, 2.24) is 20.3 Å². The zero-order valence-electron chi connectivity index (χ0n) is 20.3. The molecule has 2 aromatic carbocycles. The molecule has 0 saturated heterocycles. The predicted molar refractivity (Wildman–Crippen MR) is 132 cm³/mol. The number of nitrogens with one attached hydrogen (secondary N) is 1. The quantitative estimate of drug-likeness (QED) is 0.352. The van der Waals surface area contributed by atoms with E-state index >= 15 is 0 Å². The molecule has 37 heavy (non-hydrogen) atoms. The summed E-state index contributed by atoms with van der Waals surface area (Å²) in [5.41, 5.74) is -1.14. The lowest BCUT2D eigenvalue weighted by molar-refractivity contribution is -0.211. The van der Waals surface area contributed by atoms with Gasteiger partial charge in [-0.3, -0.25) is 4.79 Å². The zero-order chi connectivity index (χ0) is 26.8. The summed E-state index contributed by atoms with van der Waals surface area (Å²) in [4.78, 5) is 24.5. The summed E-state index contributed by atoms with van der Waals surface area (Å²) in [5.74, 6) is 0.611. The van der Waals surface area contributed by atoms with Gasteiger partial charge in [0.05, 0.1) is 11.6 Å². The molecule has 7 nitrogen and oxygen atoms in total. The molecule has 1 aromatic heterocycles. The van der Waals surface area contributed by atoms with Crippen molar-refractivity contribution in [3.05, 3.63) is 53.1 Å². The first-order valence-electron chi connectivity index (χ1n) is 11.8. The van der Waals surface area contributed by atoms with Gasteiger partial charge >= 0.3 is 12.2 Å². The van der Waals surface area contributed by atoms with Crippen molar-refractivity contribution in [2.45, 2.75) is 45.8 Å². The summed E-state index contributed by atoms with van der Waals surface area (Å²) in [6.45, 7) is 2.12. The smallest absolute Gasteiger partial charge is 0.402 e. The minimum Gasteiger partial charge on any atom is -0.494 e. The molecular formula is C26H26ClF3N4O3. The Hall–Kier alpha value is -3.40. The van der Waals surface area contributed by atoms with E-state index in [1.165, 1.54) is 18.9 Å². The largest absolute Gasteiger partial charge is 0.494 e. The number of amides is 1. The highest BCUT2D eigenvalue weighted by molar-refractivity contribution is 6.33. The Balaban J connectivity index is 1.51. The van der Waals surface area contributed by atoms with Crippen LogP contribution < -0.4 is 10.1 Å². The molecule has 0 spiro atoms. The van der Waals surface area contributed by atoms with Crippen molar-refractivity contribution in [1.29, 1.82) is 0 Å². The van der Waals surface area contributed by atoms with E-state index in [9.17, 15) is 23.1 Å². The Bertz CT molecular complexity index is 1280. The second kappa shape index (κ2) is 10.5. The number of ether oxygens (including phenoxy) is 1. The maximum Gasteiger partial charge on any atom is 0.402 e. The lowest BCUT2D eigenvalue weighted by Crippen LogP contribution is -2.46. The first-order chi connectivity index (χ1) is 17.4. The summed E-state index contributed by atoms with van der Waals surface area (Å²) < 4.78 is 45.2. The number of aromatic nitrogens is 3. The van der Waals surface area contributed by atoms with Crippen LogP contribution in [0.25, 0.3) is 22.8 Å². The molecule has 0 bridgehead atoms. The third kappa shape index (κ3) is 6.49. The van der Waals surface area contributed by atoms with Gasteiger partial charge in [0.2, 0.25) is 5.91 Å². The van der Waals surface area contributed by atoms with Gasteiger partial charge in [0, 0.05) is 17.7 Å². The zero-order valence-corrected chi connectivity index (χ0v) is 21.0.